The van der Waals surface area contributed by atoms with Crippen LogP contribution in [-0.4, -0.2) is 43.4 Å². The van der Waals surface area contributed by atoms with Crippen LogP contribution in [0, 0.1) is 10.1 Å². The fourth-order valence-electron chi connectivity index (χ4n) is 2.33. The third kappa shape index (κ3) is 3.03. The first-order chi connectivity index (χ1) is 9.75. The predicted molar refractivity (Wildman–Crippen MR) is 76.9 cm³/mol. The van der Waals surface area contributed by atoms with Crippen molar-refractivity contribution < 1.29 is 18.1 Å². The van der Waals surface area contributed by atoms with Gasteiger partial charge in [0.15, 0.2) is 0 Å². The lowest BCUT2D eigenvalue weighted by molar-refractivity contribution is -0.385. The fraction of sp³-hybridized carbons (Fsp3) is 0.500. The van der Waals surface area contributed by atoms with E-state index < -0.39 is 14.9 Å². The summed E-state index contributed by atoms with van der Waals surface area (Å²) in [6, 6.07) is 3.05. The summed E-state index contributed by atoms with van der Waals surface area (Å²) in [5, 5.41) is 10.8. The molecule has 0 aliphatic carbocycles. The Labute approximate surface area is 127 Å². The van der Waals surface area contributed by atoms with Crippen molar-refractivity contribution >= 4 is 27.3 Å². The van der Waals surface area contributed by atoms with Crippen LogP contribution in [0.15, 0.2) is 23.1 Å². The Balaban J connectivity index is 2.43. The van der Waals surface area contributed by atoms with Gasteiger partial charge in [0.1, 0.15) is 4.90 Å². The third-order valence-corrected chi connectivity index (χ3v) is 5.95. The van der Waals surface area contributed by atoms with Crippen molar-refractivity contribution in [1.29, 1.82) is 0 Å². The molecule has 0 N–H and O–H groups in total. The molecule has 1 aromatic rings. The van der Waals surface area contributed by atoms with Crippen LogP contribution in [0.25, 0.3) is 0 Å². The maximum atomic E-state index is 12.6. The predicted octanol–water partition coefficient (Wildman–Crippen LogP) is 2.05. The Morgan fingerprint density at radius 2 is 2.14 bits per heavy atom. The molecule has 1 saturated heterocycles. The molecule has 1 fully saturated rings. The van der Waals surface area contributed by atoms with E-state index in [-0.39, 0.29) is 27.8 Å². The second-order valence-electron chi connectivity index (χ2n) is 4.83. The van der Waals surface area contributed by atoms with E-state index in [0.29, 0.717) is 13.0 Å². The molecular formula is C12H15ClN2O5S. The van der Waals surface area contributed by atoms with Gasteiger partial charge in [-0.25, -0.2) is 8.42 Å². The molecule has 0 radical (unpaired) electrons. The summed E-state index contributed by atoms with van der Waals surface area (Å²) >= 11 is 5.91. The van der Waals surface area contributed by atoms with E-state index in [0.717, 1.165) is 6.07 Å². The smallest absolute Gasteiger partial charge is 0.270 e. The summed E-state index contributed by atoms with van der Waals surface area (Å²) in [6.45, 7) is 2.27. The van der Waals surface area contributed by atoms with E-state index in [1.165, 1.54) is 23.5 Å². The topological polar surface area (TPSA) is 89.8 Å². The van der Waals surface area contributed by atoms with E-state index in [9.17, 15) is 18.5 Å². The first-order valence-corrected chi connectivity index (χ1v) is 8.10. The molecule has 1 aromatic carbocycles. The van der Waals surface area contributed by atoms with Crippen molar-refractivity contribution in [2.75, 3.05) is 13.7 Å². The number of halogens is 1. The molecule has 2 unspecified atom stereocenters. The third-order valence-electron chi connectivity index (χ3n) is 3.59. The number of hydrogen-bond donors (Lipinski definition) is 0. The molecule has 0 aromatic heterocycles. The Morgan fingerprint density at radius 1 is 1.48 bits per heavy atom. The molecule has 2 atom stereocenters. The Hall–Kier alpha value is -1.22. The summed E-state index contributed by atoms with van der Waals surface area (Å²) in [5.41, 5.74) is -0.318. The lowest BCUT2D eigenvalue weighted by atomic mass is 10.2. The number of hydrogen-bond acceptors (Lipinski definition) is 5. The number of likely N-dealkylation sites (N-methyl/N-ethyl adjacent to an activating group) is 1. The molecule has 1 aliphatic heterocycles. The van der Waals surface area contributed by atoms with Crippen LogP contribution in [0.2, 0.25) is 5.02 Å². The average Bonchev–Trinajstić information content (AvgIpc) is 2.83. The molecule has 0 spiro atoms. The minimum absolute atomic E-state index is 0.0426. The van der Waals surface area contributed by atoms with Crippen LogP contribution in [0.4, 0.5) is 5.69 Å². The number of benzene rings is 1. The zero-order valence-electron chi connectivity index (χ0n) is 11.5. The summed E-state index contributed by atoms with van der Waals surface area (Å²) in [4.78, 5) is 9.88. The van der Waals surface area contributed by atoms with Crippen molar-refractivity contribution in [2.24, 2.45) is 0 Å². The number of ether oxygens (including phenoxy) is 1. The van der Waals surface area contributed by atoms with E-state index >= 15 is 0 Å². The molecule has 21 heavy (non-hydrogen) atoms. The molecule has 1 aliphatic rings. The maximum absolute atomic E-state index is 12.6. The molecule has 0 saturated carbocycles. The van der Waals surface area contributed by atoms with E-state index in [1.807, 2.05) is 0 Å². The summed E-state index contributed by atoms with van der Waals surface area (Å²) in [7, 11) is -2.49. The molecule has 0 bridgehead atoms. The minimum Gasteiger partial charge on any atom is -0.377 e. The number of nitrogens with zero attached hydrogens (tertiary/aromatic N) is 2. The molecule has 9 heteroatoms. The Morgan fingerprint density at radius 3 is 2.67 bits per heavy atom. The van der Waals surface area contributed by atoms with Crippen molar-refractivity contribution in [3.63, 3.8) is 0 Å². The van der Waals surface area contributed by atoms with Gasteiger partial charge < -0.3 is 4.74 Å². The number of nitro groups is 1. The van der Waals surface area contributed by atoms with Crippen LogP contribution in [0.3, 0.4) is 0 Å². The van der Waals surface area contributed by atoms with E-state index in [4.69, 9.17) is 16.3 Å². The van der Waals surface area contributed by atoms with Gasteiger partial charge in [0, 0.05) is 25.8 Å². The normalized spacial score (nSPS) is 22.7. The van der Waals surface area contributed by atoms with Gasteiger partial charge in [-0.2, -0.15) is 4.31 Å². The van der Waals surface area contributed by atoms with Gasteiger partial charge in [-0.1, -0.05) is 11.6 Å². The van der Waals surface area contributed by atoms with Crippen molar-refractivity contribution in [2.45, 2.75) is 30.4 Å². The number of sulfonamides is 1. The van der Waals surface area contributed by atoms with Crippen LogP contribution >= 0.6 is 11.6 Å². The Bertz CT molecular complexity index is 664. The summed E-state index contributed by atoms with van der Waals surface area (Å²) in [6.07, 6.45) is 0.339. The van der Waals surface area contributed by atoms with Crippen LogP contribution < -0.4 is 0 Å². The highest BCUT2D eigenvalue weighted by molar-refractivity contribution is 7.89. The molecule has 7 nitrogen and oxygen atoms in total. The van der Waals surface area contributed by atoms with Gasteiger partial charge in [-0.3, -0.25) is 10.1 Å². The van der Waals surface area contributed by atoms with Crippen molar-refractivity contribution in [3.05, 3.63) is 33.3 Å². The maximum Gasteiger partial charge on any atom is 0.270 e. The lowest BCUT2D eigenvalue weighted by Crippen LogP contribution is -2.41. The highest BCUT2D eigenvalue weighted by Crippen LogP contribution is 2.31. The molecular weight excluding hydrogens is 320 g/mol. The molecule has 2 rings (SSSR count). The molecule has 116 valence electrons. The summed E-state index contributed by atoms with van der Waals surface area (Å²) in [5.74, 6) is 0. The van der Waals surface area contributed by atoms with Gasteiger partial charge in [0.25, 0.3) is 5.69 Å². The van der Waals surface area contributed by atoms with E-state index in [2.05, 4.69) is 0 Å². The van der Waals surface area contributed by atoms with Gasteiger partial charge >= 0.3 is 0 Å². The Kier molecular flexibility index (Phi) is 4.52. The van der Waals surface area contributed by atoms with Crippen LogP contribution in [0.5, 0.6) is 0 Å². The monoisotopic (exact) mass is 334 g/mol. The average molecular weight is 335 g/mol. The number of nitro benzene ring substituents is 1. The number of non-ortho nitro benzene ring substituents is 1. The van der Waals surface area contributed by atoms with Crippen molar-refractivity contribution in [3.8, 4) is 0 Å². The van der Waals surface area contributed by atoms with Gasteiger partial charge in [0.05, 0.1) is 22.1 Å². The zero-order valence-corrected chi connectivity index (χ0v) is 13.1. The largest absolute Gasteiger partial charge is 0.377 e. The molecule has 0 amide bonds. The zero-order chi connectivity index (χ0) is 15.8. The first kappa shape index (κ1) is 16.2. The van der Waals surface area contributed by atoms with Gasteiger partial charge in [-0.05, 0) is 19.4 Å². The second-order valence-corrected chi connectivity index (χ2v) is 7.20. The highest BCUT2D eigenvalue weighted by Gasteiger charge is 2.36. The van der Waals surface area contributed by atoms with Crippen molar-refractivity contribution in [1.82, 2.24) is 4.31 Å². The second kappa shape index (κ2) is 5.88. The SMILES string of the molecule is CC1OCCC1N(C)S(=O)(=O)c1cc([N+](=O)[O-])ccc1Cl. The first-order valence-electron chi connectivity index (χ1n) is 6.28. The minimum atomic E-state index is -3.93. The standard InChI is InChI=1S/C12H15ClN2O5S/c1-8-11(5-6-20-8)14(2)21(18,19)12-7-9(15(16)17)3-4-10(12)13/h3-4,7-8,11H,5-6H2,1-2H3. The molecule has 1 heterocycles. The van der Waals surface area contributed by atoms with Crippen LogP contribution in [-0.2, 0) is 14.8 Å². The van der Waals surface area contributed by atoms with Crippen LogP contribution in [0.1, 0.15) is 13.3 Å². The lowest BCUT2D eigenvalue weighted by Gasteiger charge is -2.26. The highest BCUT2D eigenvalue weighted by atomic mass is 35.5. The van der Waals surface area contributed by atoms with Gasteiger partial charge in [-0.15, -0.1) is 0 Å². The van der Waals surface area contributed by atoms with Gasteiger partial charge in [0.2, 0.25) is 10.0 Å². The fourth-order valence-corrected chi connectivity index (χ4v) is 4.27. The quantitative estimate of drug-likeness (QED) is 0.621. The summed E-state index contributed by atoms with van der Waals surface area (Å²) < 4.78 is 31.8. The number of rotatable bonds is 4. The van der Waals surface area contributed by atoms with E-state index in [1.54, 1.807) is 6.92 Å².